The highest BCUT2D eigenvalue weighted by molar-refractivity contribution is 5.93. The van der Waals surface area contributed by atoms with Crippen LogP contribution in [0.1, 0.15) is 61.0 Å². The van der Waals surface area contributed by atoms with Crippen molar-refractivity contribution >= 4 is 5.91 Å². The molecule has 1 amide bonds. The molecular formula is C21H32FN3O2. The van der Waals surface area contributed by atoms with Crippen molar-refractivity contribution in [3.05, 3.63) is 34.6 Å². The number of likely N-dealkylation sites (tertiary alicyclic amines) is 1. The van der Waals surface area contributed by atoms with Gasteiger partial charge in [-0.3, -0.25) is 14.9 Å². The molecule has 0 bridgehead atoms. The summed E-state index contributed by atoms with van der Waals surface area (Å²) in [7, 11) is 2.19. The summed E-state index contributed by atoms with van der Waals surface area (Å²) in [6, 6.07) is 3.52. The maximum Gasteiger partial charge on any atom is 0.274 e. The van der Waals surface area contributed by atoms with Gasteiger partial charge in [0.15, 0.2) is 0 Å². The van der Waals surface area contributed by atoms with Crippen molar-refractivity contribution in [3.8, 4) is 0 Å². The second kappa shape index (κ2) is 8.25. The van der Waals surface area contributed by atoms with Gasteiger partial charge in [-0.15, -0.1) is 0 Å². The van der Waals surface area contributed by atoms with Gasteiger partial charge in [-0.1, -0.05) is 13.8 Å². The van der Waals surface area contributed by atoms with Crippen LogP contribution in [0.15, 0.2) is 12.1 Å². The zero-order chi connectivity index (χ0) is 19.6. The van der Waals surface area contributed by atoms with E-state index in [1.54, 1.807) is 11.5 Å². The summed E-state index contributed by atoms with van der Waals surface area (Å²) < 4.78 is 14.3. The minimum Gasteiger partial charge on any atom is -0.306 e. The molecule has 3 aliphatic rings. The van der Waals surface area contributed by atoms with Gasteiger partial charge in [0.2, 0.25) is 0 Å². The van der Waals surface area contributed by atoms with Crippen LogP contribution in [0.5, 0.6) is 0 Å². The van der Waals surface area contributed by atoms with Gasteiger partial charge in [0.1, 0.15) is 5.82 Å². The Morgan fingerprint density at radius 2 is 1.89 bits per heavy atom. The number of rotatable bonds is 2. The average Bonchev–Trinajstić information content (AvgIpc) is 2.67. The van der Waals surface area contributed by atoms with Gasteiger partial charge in [0.25, 0.3) is 5.91 Å². The van der Waals surface area contributed by atoms with Crippen molar-refractivity contribution in [3.63, 3.8) is 0 Å². The number of carbonyl (C=O) groups excluding carboxylic acids is 1. The Morgan fingerprint density at radius 1 is 1.22 bits per heavy atom. The van der Waals surface area contributed by atoms with Crippen LogP contribution in [0.2, 0.25) is 0 Å². The molecule has 1 saturated heterocycles. The minimum absolute atomic E-state index is 0.181. The number of nitrogens with zero attached hydrogens (tertiary/aromatic N) is 2. The maximum absolute atomic E-state index is 14.3. The average molecular weight is 378 g/mol. The molecule has 1 aliphatic carbocycles. The summed E-state index contributed by atoms with van der Waals surface area (Å²) in [6.07, 6.45) is 5.76. The number of halogens is 1. The summed E-state index contributed by atoms with van der Waals surface area (Å²) in [4.78, 5) is 16.5. The van der Waals surface area contributed by atoms with Crippen molar-refractivity contribution in [2.75, 3.05) is 26.7 Å². The van der Waals surface area contributed by atoms with E-state index in [1.807, 2.05) is 13.8 Å². The zero-order valence-corrected chi connectivity index (χ0v) is 16.7. The van der Waals surface area contributed by atoms with Crippen molar-refractivity contribution in [2.24, 2.45) is 5.41 Å². The number of hydrogen-bond donors (Lipinski definition) is 2. The number of carbonyl (C=O) groups is 1. The van der Waals surface area contributed by atoms with E-state index in [2.05, 4.69) is 16.8 Å². The predicted octanol–water partition coefficient (Wildman–Crippen LogP) is 3.20. The molecule has 2 heterocycles. The first kappa shape index (κ1) is 20.2. The van der Waals surface area contributed by atoms with E-state index in [9.17, 15) is 9.18 Å². The first-order chi connectivity index (χ1) is 13.0. The number of benzene rings is 1. The van der Waals surface area contributed by atoms with Crippen LogP contribution in [0, 0.1) is 11.2 Å². The Labute approximate surface area is 161 Å². The number of piperidine rings is 1. The van der Waals surface area contributed by atoms with Gasteiger partial charge in [-0.25, -0.2) is 9.87 Å². The fraction of sp³-hybridized carbons (Fsp3) is 0.667. The lowest BCUT2D eigenvalue weighted by molar-refractivity contribution is -0.0436. The fourth-order valence-electron chi connectivity index (χ4n) is 4.87. The normalized spacial score (nSPS) is 22.4. The Kier molecular flexibility index (Phi) is 6.18. The lowest BCUT2D eigenvalue weighted by Crippen LogP contribution is -2.55. The van der Waals surface area contributed by atoms with Gasteiger partial charge < -0.3 is 4.90 Å². The summed E-state index contributed by atoms with van der Waals surface area (Å²) in [5.74, 6) is -0.996. The lowest BCUT2D eigenvalue weighted by atomic mass is 9.60. The maximum atomic E-state index is 14.3. The second-order valence-corrected chi connectivity index (χ2v) is 8.12. The Bertz CT molecular complexity index is 678. The third-order valence-electron chi connectivity index (χ3n) is 6.58. The summed E-state index contributed by atoms with van der Waals surface area (Å²) in [5.41, 5.74) is 3.91. The van der Waals surface area contributed by atoms with Crippen molar-refractivity contribution < 1.29 is 14.4 Å². The molecule has 150 valence electrons. The first-order valence-electron chi connectivity index (χ1n) is 10.2. The molecule has 4 rings (SSSR count). The molecule has 1 aromatic rings. The summed E-state index contributed by atoms with van der Waals surface area (Å²) in [6.45, 7) is 7.97. The van der Waals surface area contributed by atoms with Crippen molar-refractivity contribution in [1.82, 2.24) is 15.3 Å². The Hall–Kier alpha value is -1.50. The van der Waals surface area contributed by atoms with E-state index >= 15 is 0 Å². The van der Waals surface area contributed by atoms with Gasteiger partial charge >= 0.3 is 0 Å². The van der Waals surface area contributed by atoms with Gasteiger partial charge in [-0.05, 0) is 80.9 Å². The number of amides is 1. The quantitative estimate of drug-likeness (QED) is 0.614. The molecule has 2 fully saturated rings. The first-order valence-corrected chi connectivity index (χ1v) is 10.2. The predicted molar refractivity (Wildman–Crippen MR) is 103 cm³/mol. The van der Waals surface area contributed by atoms with Crippen LogP contribution < -0.4 is 5.48 Å². The van der Waals surface area contributed by atoms with Crippen LogP contribution in [0.3, 0.4) is 0 Å². The van der Waals surface area contributed by atoms with Crippen LogP contribution in [0.4, 0.5) is 4.39 Å². The molecule has 5 nitrogen and oxygen atoms in total. The molecular weight excluding hydrogens is 345 g/mol. The lowest BCUT2D eigenvalue weighted by Gasteiger charge is -2.55. The highest BCUT2D eigenvalue weighted by atomic mass is 19.1. The van der Waals surface area contributed by atoms with E-state index in [-0.39, 0.29) is 11.4 Å². The second-order valence-electron chi connectivity index (χ2n) is 8.12. The molecule has 1 spiro atoms. The smallest absolute Gasteiger partial charge is 0.274 e. The molecule has 1 aromatic carbocycles. The number of nitrogens with one attached hydrogen (secondary N) is 1. The zero-order valence-electron chi connectivity index (χ0n) is 16.7. The molecule has 6 heteroatoms. The highest BCUT2D eigenvalue weighted by Crippen LogP contribution is 2.51. The van der Waals surface area contributed by atoms with Crippen molar-refractivity contribution in [1.29, 1.82) is 0 Å². The van der Waals surface area contributed by atoms with E-state index in [0.717, 1.165) is 17.7 Å². The van der Waals surface area contributed by atoms with Crippen LogP contribution in [-0.2, 0) is 13.0 Å². The third kappa shape index (κ3) is 4.03. The van der Waals surface area contributed by atoms with Gasteiger partial charge in [-0.2, -0.15) is 0 Å². The molecule has 0 atom stereocenters. The molecule has 0 unspecified atom stereocenters. The number of hydrogen-bond acceptors (Lipinski definition) is 4. The molecule has 0 aromatic heterocycles. The van der Waals surface area contributed by atoms with Gasteiger partial charge in [0, 0.05) is 24.7 Å². The third-order valence-corrected chi connectivity index (χ3v) is 6.58. The number of hydroxylamine groups is 1. The monoisotopic (exact) mass is 377 g/mol. The molecule has 1 saturated carbocycles. The van der Waals surface area contributed by atoms with Crippen LogP contribution in [-0.4, -0.2) is 53.6 Å². The molecule has 2 aliphatic heterocycles. The standard InChI is InChI=1S/C19H26FN3O2.C2H6/c1-22-6-3-19(4-7-22)10-15(11-19)23-5-2-16-14(12-23)8-13(9-17(16)20)18(24)21-25;1-2/h8-9,15,25H,2-7,10-12H2,1H3,(H,21,24);1-2H3. The van der Waals surface area contributed by atoms with Crippen molar-refractivity contribution in [2.45, 2.75) is 58.5 Å². The van der Waals surface area contributed by atoms with E-state index < -0.39 is 5.91 Å². The Morgan fingerprint density at radius 3 is 2.52 bits per heavy atom. The molecule has 27 heavy (non-hydrogen) atoms. The van der Waals surface area contributed by atoms with E-state index in [4.69, 9.17) is 5.21 Å². The minimum atomic E-state index is -0.659. The number of fused-ring (bicyclic) bond motifs is 1. The van der Waals surface area contributed by atoms with Gasteiger partial charge in [0.05, 0.1) is 0 Å². The SMILES string of the molecule is CC.CN1CCC2(CC1)CC(N1CCc3c(F)cc(C(=O)NO)cc3C1)C2. The van der Waals surface area contributed by atoms with Crippen LogP contribution >= 0.6 is 0 Å². The Balaban J connectivity index is 0.00000102. The van der Waals surface area contributed by atoms with Crippen LogP contribution in [0.25, 0.3) is 0 Å². The fourth-order valence-corrected chi connectivity index (χ4v) is 4.87. The molecule has 0 radical (unpaired) electrons. The van der Waals surface area contributed by atoms with E-state index in [1.165, 1.54) is 44.8 Å². The largest absolute Gasteiger partial charge is 0.306 e. The highest BCUT2D eigenvalue weighted by Gasteiger charge is 2.47. The summed E-state index contributed by atoms with van der Waals surface area (Å²) in [5, 5.41) is 8.79. The summed E-state index contributed by atoms with van der Waals surface area (Å²) >= 11 is 0. The molecule has 2 N–H and O–H groups in total. The topological polar surface area (TPSA) is 55.8 Å². The van der Waals surface area contributed by atoms with E-state index in [0.29, 0.717) is 24.4 Å².